The lowest BCUT2D eigenvalue weighted by Gasteiger charge is -2.33. The van der Waals surface area contributed by atoms with Gasteiger partial charge >= 0.3 is 0 Å². The van der Waals surface area contributed by atoms with E-state index in [0.717, 1.165) is 12.0 Å². The van der Waals surface area contributed by atoms with Crippen LogP contribution in [-0.2, 0) is 72.0 Å². The number of carbonyl (C=O) groups is 8. The van der Waals surface area contributed by atoms with Crippen LogP contribution in [0.1, 0.15) is 139 Å². The van der Waals surface area contributed by atoms with Crippen LogP contribution in [0.2, 0.25) is 0 Å². The Balaban J connectivity index is 0.740. The van der Waals surface area contributed by atoms with Crippen LogP contribution in [0.3, 0.4) is 0 Å². The van der Waals surface area contributed by atoms with Crippen LogP contribution in [0.15, 0.2) is 66.9 Å². The molecule has 2 aromatic carbocycles. The average molecular weight is 1180 g/mol. The Kier molecular flexibility index (Phi) is 26.6. The molecule has 4 aliphatic rings. The van der Waals surface area contributed by atoms with E-state index in [4.69, 9.17) is 14.2 Å². The van der Waals surface area contributed by atoms with Crippen molar-refractivity contribution in [3.05, 3.63) is 83.7 Å². The first-order chi connectivity index (χ1) is 41.2. The Morgan fingerprint density at radius 2 is 1.18 bits per heavy atom. The number of aromatic nitrogens is 3. The van der Waals surface area contributed by atoms with Crippen LogP contribution in [0.5, 0.6) is 0 Å². The first kappa shape index (κ1) is 66.2. The molecule has 0 saturated carbocycles. The number of aryl methyl sites for hydroxylation is 3. The van der Waals surface area contributed by atoms with Crippen LogP contribution < -0.4 is 26.6 Å². The van der Waals surface area contributed by atoms with E-state index in [1.165, 1.54) is 0 Å². The van der Waals surface area contributed by atoms with Gasteiger partial charge < -0.3 is 55.7 Å². The molecule has 3 aromatic rings. The molecule has 0 bridgehead atoms. The standard InChI is InChI=1S/C63H92N10O12/c1-42(64-3)59(78)67-57-46(20-24-49-26-30-52(72(49)62(57)81)54(76)32-19-44-14-7-5-8-15-44)22-28-51(75)29-23-48-40-71(70-69-48)33-13-35-84-37-39-85-38-36-83-34-12-11-18-55(77)56(45-16-9-6-10-17-45)66-61(80)53-31-27-50-25-21-47(41-74)58(63(82)73(50)53)68-60(79)43(2)65-4/h5-10,14-17,40,42-43,46-47,49-50,52-53,56-58,64-65,74H,11-13,18-39,41H2,1-4H3,(H,66,80)(H,67,78)(H,68,79)/t42-,43-,46+,47+,49-,50-,52-,53-,56-,57-,58-/m0/s1. The quantitative estimate of drug-likeness (QED) is 0.0455. The number of Topliss-reactive ketones (excluding diaryl/α,β-unsaturated/α-hetero) is 3. The zero-order valence-electron chi connectivity index (χ0n) is 50.3. The molecule has 4 fully saturated rings. The van der Waals surface area contributed by atoms with E-state index in [0.29, 0.717) is 147 Å². The fraction of sp³-hybridized carbons (Fsp3) is 0.651. The summed E-state index contributed by atoms with van der Waals surface area (Å²) in [6.45, 7) is 6.22. The molecule has 6 N–H and O–H groups in total. The fourth-order valence-corrected chi connectivity index (χ4v) is 12.3. The van der Waals surface area contributed by atoms with Crippen LogP contribution in [0, 0.1) is 11.8 Å². The summed E-state index contributed by atoms with van der Waals surface area (Å²) in [6.07, 6.45) is 11.2. The molecular formula is C63H92N10O12. The summed E-state index contributed by atoms with van der Waals surface area (Å²) in [4.78, 5) is 113. The number of nitrogens with one attached hydrogen (secondary N) is 5. The van der Waals surface area contributed by atoms with Crippen molar-refractivity contribution in [1.29, 1.82) is 0 Å². The Morgan fingerprint density at radius 3 is 1.80 bits per heavy atom. The lowest BCUT2D eigenvalue weighted by Crippen LogP contribution is -2.58. The molecule has 0 unspecified atom stereocenters. The highest BCUT2D eigenvalue weighted by Gasteiger charge is 2.49. The second-order valence-electron chi connectivity index (χ2n) is 23.3. The fourth-order valence-electron chi connectivity index (χ4n) is 12.3. The predicted octanol–water partition coefficient (Wildman–Crippen LogP) is 3.52. The second kappa shape index (κ2) is 34.1. The minimum Gasteiger partial charge on any atom is -0.396 e. The molecule has 5 heterocycles. The Labute approximate surface area is 500 Å². The summed E-state index contributed by atoms with van der Waals surface area (Å²) in [5.41, 5.74) is 2.43. The number of fused-ring (bicyclic) bond motifs is 2. The molecular weight excluding hydrogens is 1090 g/mol. The molecule has 22 heteroatoms. The molecule has 5 amide bonds. The number of carbonyl (C=O) groups excluding carboxylic acids is 8. The molecule has 0 spiro atoms. The van der Waals surface area contributed by atoms with E-state index in [-0.39, 0.29) is 78.9 Å². The Morgan fingerprint density at radius 1 is 0.624 bits per heavy atom. The van der Waals surface area contributed by atoms with E-state index in [1.807, 2.05) is 54.7 Å². The van der Waals surface area contributed by atoms with Crippen molar-refractivity contribution in [2.75, 3.05) is 60.3 Å². The van der Waals surface area contributed by atoms with E-state index >= 15 is 0 Å². The molecule has 1 aromatic heterocycles. The summed E-state index contributed by atoms with van der Waals surface area (Å²) in [5.74, 6) is -2.50. The Bertz CT molecular complexity index is 2640. The van der Waals surface area contributed by atoms with Crippen molar-refractivity contribution in [3.63, 3.8) is 0 Å². The van der Waals surface area contributed by atoms with Crippen LogP contribution in [-0.4, -0.2) is 185 Å². The highest BCUT2D eigenvalue weighted by Crippen LogP contribution is 2.37. The highest BCUT2D eigenvalue weighted by molar-refractivity contribution is 5.97. The third-order valence-corrected chi connectivity index (χ3v) is 17.6. The zero-order valence-corrected chi connectivity index (χ0v) is 50.3. The van der Waals surface area contributed by atoms with Crippen LogP contribution in [0.25, 0.3) is 0 Å². The van der Waals surface area contributed by atoms with Crippen LogP contribution >= 0.6 is 0 Å². The summed E-state index contributed by atoms with van der Waals surface area (Å²) < 4.78 is 18.9. The van der Waals surface area contributed by atoms with Gasteiger partial charge in [0.25, 0.3) is 0 Å². The van der Waals surface area contributed by atoms with E-state index in [1.54, 1.807) is 54.6 Å². The van der Waals surface area contributed by atoms with Crippen molar-refractivity contribution in [3.8, 4) is 0 Å². The summed E-state index contributed by atoms with van der Waals surface area (Å²) in [6, 6.07) is 13.5. The van der Waals surface area contributed by atoms with Gasteiger partial charge in [0.05, 0.1) is 50.2 Å². The van der Waals surface area contributed by atoms with Crippen molar-refractivity contribution in [2.24, 2.45) is 11.8 Å². The summed E-state index contributed by atoms with van der Waals surface area (Å²) >= 11 is 0. The number of aliphatic hydroxyl groups excluding tert-OH is 1. The maximum atomic E-state index is 14.4. The lowest BCUT2D eigenvalue weighted by atomic mass is 9.87. The molecule has 0 radical (unpaired) electrons. The van der Waals surface area contributed by atoms with Gasteiger partial charge in [0, 0.05) is 76.2 Å². The van der Waals surface area contributed by atoms with Crippen molar-refractivity contribution in [1.82, 2.24) is 51.4 Å². The van der Waals surface area contributed by atoms with Gasteiger partial charge in [-0.2, -0.15) is 0 Å². The second-order valence-corrected chi connectivity index (χ2v) is 23.3. The normalized spacial score (nSPS) is 23.3. The predicted molar refractivity (Wildman–Crippen MR) is 316 cm³/mol. The molecule has 4 saturated heterocycles. The molecule has 466 valence electrons. The number of benzene rings is 2. The third kappa shape index (κ3) is 19.1. The number of unbranched alkanes of at least 4 members (excludes halogenated alkanes) is 1. The SMILES string of the molecule is CN[C@@H](C)C(=O)N[C@@H]1C(=O)N2[C@@H](CC[C@@H]1CCC(=O)CCc1cn(CCCOCCOCCOCCCCC(=O)[C@@H](NC(=O)[C@@H]3CC[C@@H]4CC[C@H](CO)[C@H](NC(=O)[C@H](C)NC)C(=O)N43)c3ccccc3)nn1)CC[C@H]2C(=O)CCc1ccccc1. The van der Waals surface area contributed by atoms with Gasteiger partial charge in [0.2, 0.25) is 29.5 Å². The molecule has 85 heavy (non-hydrogen) atoms. The largest absolute Gasteiger partial charge is 0.396 e. The number of nitrogens with zero attached hydrogens (tertiary/aromatic N) is 5. The molecule has 22 nitrogen and oxygen atoms in total. The molecule has 11 atom stereocenters. The minimum absolute atomic E-state index is 0.0447. The van der Waals surface area contributed by atoms with Gasteiger partial charge in [-0.15, -0.1) is 5.10 Å². The van der Waals surface area contributed by atoms with Gasteiger partial charge in [-0.1, -0.05) is 65.9 Å². The minimum atomic E-state index is -0.975. The number of hydrogen-bond donors (Lipinski definition) is 6. The number of hydrogen-bond acceptors (Lipinski definition) is 16. The van der Waals surface area contributed by atoms with E-state index < -0.39 is 60.0 Å². The molecule has 7 rings (SSSR count). The van der Waals surface area contributed by atoms with Gasteiger partial charge in [0.15, 0.2) is 11.6 Å². The van der Waals surface area contributed by atoms with Crippen molar-refractivity contribution < 1.29 is 57.7 Å². The molecule has 4 aliphatic heterocycles. The number of amides is 5. The third-order valence-electron chi connectivity index (χ3n) is 17.6. The van der Waals surface area contributed by atoms with Crippen LogP contribution in [0.4, 0.5) is 0 Å². The van der Waals surface area contributed by atoms with Gasteiger partial charge in [0.1, 0.15) is 30.0 Å². The van der Waals surface area contributed by atoms with Crippen molar-refractivity contribution >= 4 is 46.9 Å². The first-order valence-electron chi connectivity index (χ1n) is 31.0. The zero-order chi connectivity index (χ0) is 60.7. The first-order valence-corrected chi connectivity index (χ1v) is 31.0. The maximum absolute atomic E-state index is 14.4. The smallest absolute Gasteiger partial charge is 0.246 e. The number of rotatable bonds is 36. The maximum Gasteiger partial charge on any atom is 0.246 e. The monoisotopic (exact) mass is 1180 g/mol. The molecule has 0 aliphatic carbocycles. The Hall–Kier alpha value is -6.30. The van der Waals surface area contributed by atoms with E-state index in [2.05, 4.69) is 36.9 Å². The van der Waals surface area contributed by atoms with E-state index in [9.17, 15) is 43.5 Å². The number of ketones is 3. The van der Waals surface area contributed by atoms with Gasteiger partial charge in [-0.3, -0.25) is 43.0 Å². The topological polar surface area (TPSA) is 282 Å². The van der Waals surface area contributed by atoms with Gasteiger partial charge in [-0.05, 0) is 135 Å². The summed E-state index contributed by atoms with van der Waals surface area (Å²) in [5, 5.41) is 33.3. The lowest BCUT2D eigenvalue weighted by molar-refractivity contribution is -0.144. The van der Waals surface area contributed by atoms with Gasteiger partial charge in [-0.25, -0.2) is 0 Å². The average Bonchev–Trinajstić information content (AvgIpc) is 4.28. The number of likely N-dealkylation sites (N-methyl/N-ethyl adjacent to an activating group) is 2. The number of ether oxygens (including phenoxy) is 3. The van der Waals surface area contributed by atoms with Crippen molar-refractivity contribution in [2.45, 2.75) is 190 Å². The highest BCUT2D eigenvalue weighted by atomic mass is 16.5. The number of aliphatic hydroxyl groups is 1. The summed E-state index contributed by atoms with van der Waals surface area (Å²) in [7, 11) is 3.33.